The summed E-state index contributed by atoms with van der Waals surface area (Å²) < 4.78 is 0. The molecule has 18 heavy (non-hydrogen) atoms. The van der Waals surface area contributed by atoms with Gasteiger partial charge in [-0.3, -0.25) is 0 Å². The van der Waals surface area contributed by atoms with Crippen LogP contribution in [0, 0.1) is 11.3 Å². The van der Waals surface area contributed by atoms with Crippen molar-refractivity contribution in [2.24, 2.45) is 0 Å². The van der Waals surface area contributed by atoms with Crippen molar-refractivity contribution in [3.63, 3.8) is 0 Å². The van der Waals surface area contributed by atoms with Gasteiger partial charge in [-0.15, -0.1) is 0 Å². The second-order valence-corrected chi connectivity index (χ2v) is 4.66. The molecule has 0 bridgehead atoms. The first kappa shape index (κ1) is 12.8. The summed E-state index contributed by atoms with van der Waals surface area (Å²) in [7, 11) is 0. The second kappa shape index (κ2) is 5.77. The topological polar surface area (TPSA) is 35.8 Å². The van der Waals surface area contributed by atoms with Crippen LogP contribution in [0.1, 0.15) is 12.0 Å². The molecular formula is C14H10Cl2N2. The Hall–Kier alpha value is -1.69. The highest BCUT2D eigenvalue weighted by Crippen LogP contribution is 2.23. The van der Waals surface area contributed by atoms with E-state index >= 15 is 0 Å². The molecule has 0 unspecified atom stereocenters. The van der Waals surface area contributed by atoms with Crippen LogP contribution in [-0.4, -0.2) is 0 Å². The minimum Gasteiger partial charge on any atom is -0.361 e. The molecule has 1 heterocycles. The van der Waals surface area contributed by atoms with E-state index in [9.17, 15) is 0 Å². The number of allylic oxidation sites excluding steroid dienone is 3. The van der Waals surface area contributed by atoms with Crippen LogP contribution < -0.4 is 5.32 Å². The van der Waals surface area contributed by atoms with Crippen molar-refractivity contribution >= 4 is 29.3 Å². The number of halogens is 2. The molecule has 0 aliphatic carbocycles. The maximum atomic E-state index is 8.78. The molecule has 0 atom stereocenters. The van der Waals surface area contributed by atoms with E-state index in [1.807, 2.05) is 36.6 Å². The van der Waals surface area contributed by atoms with E-state index in [1.165, 1.54) is 0 Å². The highest BCUT2D eigenvalue weighted by atomic mass is 35.5. The number of hydrogen-bond acceptors (Lipinski definition) is 2. The molecule has 4 heteroatoms. The quantitative estimate of drug-likeness (QED) is 0.875. The van der Waals surface area contributed by atoms with Crippen molar-refractivity contribution in [3.8, 4) is 6.07 Å². The van der Waals surface area contributed by atoms with Gasteiger partial charge in [-0.05, 0) is 41.5 Å². The Morgan fingerprint density at radius 3 is 2.61 bits per heavy atom. The summed E-state index contributed by atoms with van der Waals surface area (Å²) in [5.41, 5.74) is 2.72. The third-order valence-electron chi connectivity index (χ3n) is 2.44. The molecule has 1 N–H and O–H groups in total. The van der Waals surface area contributed by atoms with Gasteiger partial charge in [-0.25, -0.2) is 0 Å². The Bertz CT molecular complexity index is 572. The molecule has 0 saturated carbocycles. The molecule has 0 spiro atoms. The molecule has 0 radical (unpaired) electrons. The van der Waals surface area contributed by atoms with E-state index in [2.05, 4.69) is 11.4 Å². The molecule has 2 nitrogen and oxygen atoms in total. The van der Waals surface area contributed by atoms with Gasteiger partial charge in [0.25, 0.3) is 0 Å². The predicted octanol–water partition coefficient (Wildman–Crippen LogP) is 4.29. The third kappa shape index (κ3) is 3.16. The molecule has 0 saturated heterocycles. The lowest BCUT2D eigenvalue weighted by Gasteiger charge is -2.13. The fraction of sp³-hybridized carbons (Fsp3) is 0.0714. The van der Waals surface area contributed by atoms with Crippen molar-refractivity contribution < 1.29 is 0 Å². The van der Waals surface area contributed by atoms with Gasteiger partial charge in [-0.1, -0.05) is 29.3 Å². The monoisotopic (exact) mass is 276 g/mol. The number of dihydropyridines is 1. The zero-order valence-electron chi connectivity index (χ0n) is 9.45. The van der Waals surface area contributed by atoms with Gasteiger partial charge >= 0.3 is 0 Å². The minimum atomic E-state index is 0.359. The highest BCUT2D eigenvalue weighted by molar-refractivity contribution is 6.34. The van der Waals surface area contributed by atoms with E-state index in [4.69, 9.17) is 28.5 Å². The van der Waals surface area contributed by atoms with Gasteiger partial charge in [-0.2, -0.15) is 5.26 Å². The summed E-state index contributed by atoms with van der Waals surface area (Å²) in [5, 5.41) is 13.1. The van der Waals surface area contributed by atoms with Crippen LogP contribution in [0.25, 0.3) is 6.08 Å². The van der Waals surface area contributed by atoms with E-state index < -0.39 is 0 Å². The molecule has 2 rings (SSSR count). The Balaban J connectivity index is 2.35. The van der Waals surface area contributed by atoms with Gasteiger partial charge < -0.3 is 5.32 Å². The van der Waals surface area contributed by atoms with Crippen molar-refractivity contribution in [1.82, 2.24) is 5.32 Å². The fourth-order valence-corrected chi connectivity index (χ4v) is 2.23. The van der Waals surface area contributed by atoms with Crippen LogP contribution in [0.15, 0.2) is 47.8 Å². The van der Waals surface area contributed by atoms with Crippen molar-refractivity contribution in [3.05, 3.63) is 63.4 Å². The first-order valence-electron chi connectivity index (χ1n) is 5.36. The largest absolute Gasteiger partial charge is 0.361 e. The lowest BCUT2D eigenvalue weighted by Crippen LogP contribution is -2.10. The van der Waals surface area contributed by atoms with Crippen LogP contribution in [0.4, 0.5) is 0 Å². The van der Waals surface area contributed by atoms with Gasteiger partial charge in [0.05, 0.1) is 12.5 Å². The molecule has 1 aromatic rings. The summed E-state index contributed by atoms with van der Waals surface area (Å²) in [5.74, 6) is 0. The number of nitrogens with zero attached hydrogens (tertiary/aromatic N) is 1. The van der Waals surface area contributed by atoms with Crippen molar-refractivity contribution in [1.29, 1.82) is 5.26 Å². The van der Waals surface area contributed by atoms with Gasteiger partial charge in [0.1, 0.15) is 0 Å². The molecular weight excluding hydrogens is 267 g/mol. The molecule has 1 aliphatic heterocycles. The number of rotatable bonds is 2. The Kier molecular flexibility index (Phi) is 4.09. The first-order chi connectivity index (χ1) is 8.69. The zero-order valence-corrected chi connectivity index (χ0v) is 11.0. The second-order valence-electron chi connectivity index (χ2n) is 3.79. The van der Waals surface area contributed by atoms with Crippen LogP contribution in [-0.2, 0) is 0 Å². The Labute approximate surface area is 116 Å². The van der Waals surface area contributed by atoms with Crippen molar-refractivity contribution in [2.45, 2.75) is 6.42 Å². The maximum Gasteiger partial charge on any atom is 0.0670 e. The molecule has 90 valence electrons. The molecule has 0 aromatic heterocycles. The SMILES string of the molecule is N#CCC1=CC=CN/C1=C\c1cc(Cl)cc(Cl)c1. The van der Waals surface area contributed by atoms with E-state index in [1.54, 1.807) is 6.07 Å². The van der Waals surface area contributed by atoms with E-state index in [0.29, 0.717) is 16.5 Å². The standard InChI is InChI=1S/C14H10Cl2N2/c15-12-6-10(7-13(16)9-12)8-14-11(3-4-17)2-1-5-18-14/h1-2,5-9,18H,3H2/b14-8-. The van der Waals surface area contributed by atoms with Crippen molar-refractivity contribution in [2.75, 3.05) is 0 Å². The molecule has 1 aromatic carbocycles. The normalized spacial score (nSPS) is 16.1. The summed E-state index contributed by atoms with van der Waals surface area (Å²) in [4.78, 5) is 0. The van der Waals surface area contributed by atoms with E-state index in [0.717, 1.165) is 16.8 Å². The fourth-order valence-electron chi connectivity index (χ4n) is 1.68. The van der Waals surface area contributed by atoms with Crippen LogP contribution in [0.3, 0.4) is 0 Å². The average molecular weight is 277 g/mol. The lowest BCUT2D eigenvalue weighted by molar-refractivity contribution is 1.03. The highest BCUT2D eigenvalue weighted by Gasteiger charge is 2.06. The summed E-state index contributed by atoms with van der Waals surface area (Å²) in [6.07, 6.45) is 7.88. The lowest BCUT2D eigenvalue weighted by atomic mass is 10.0. The third-order valence-corrected chi connectivity index (χ3v) is 2.88. The Morgan fingerprint density at radius 1 is 1.22 bits per heavy atom. The summed E-state index contributed by atoms with van der Waals surface area (Å²) >= 11 is 11.9. The number of nitrogens with one attached hydrogen (secondary N) is 1. The number of nitriles is 1. The smallest absolute Gasteiger partial charge is 0.0670 e. The molecule has 0 amide bonds. The average Bonchev–Trinajstić information content (AvgIpc) is 2.30. The van der Waals surface area contributed by atoms with Crippen LogP contribution >= 0.6 is 23.2 Å². The summed E-state index contributed by atoms with van der Waals surface area (Å²) in [6.45, 7) is 0. The van der Waals surface area contributed by atoms with Crippen LogP contribution in [0.2, 0.25) is 10.0 Å². The van der Waals surface area contributed by atoms with Gasteiger partial charge in [0, 0.05) is 21.9 Å². The predicted molar refractivity (Wildman–Crippen MR) is 75.0 cm³/mol. The number of hydrogen-bond donors (Lipinski definition) is 1. The maximum absolute atomic E-state index is 8.78. The zero-order chi connectivity index (χ0) is 13.0. The summed E-state index contributed by atoms with van der Waals surface area (Å²) in [6, 6.07) is 7.47. The molecule has 1 aliphatic rings. The first-order valence-corrected chi connectivity index (χ1v) is 6.12. The molecule has 0 fully saturated rings. The van der Waals surface area contributed by atoms with Crippen LogP contribution in [0.5, 0.6) is 0 Å². The minimum absolute atomic E-state index is 0.359. The van der Waals surface area contributed by atoms with E-state index in [-0.39, 0.29) is 0 Å². The number of benzene rings is 1. The Morgan fingerprint density at radius 2 is 1.94 bits per heavy atom. The van der Waals surface area contributed by atoms with Gasteiger partial charge in [0.2, 0.25) is 0 Å². The van der Waals surface area contributed by atoms with Gasteiger partial charge in [0.15, 0.2) is 0 Å².